The normalized spacial score (nSPS) is 14.6. The van der Waals surface area contributed by atoms with Crippen molar-refractivity contribution in [2.75, 3.05) is 6.61 Å². The molecule has 0 saturated carbocycles. The standard InChI is InChI=1S/C18H25O3P/c1-5-7-11-15-20-22(19,21-18(3,4)14-6-2)16-17-12-9-8-10-13-17/h2,7-13H,5,14-16H2,1,3-4H3. The summed E-state index contributed by atoms with van der Waals surface area (Å²) in [5.74, 6) is 2.56. The van der Waals surface area contributed by atoms with Gasteiger partial charge in [-0.1, -0.05) is 49.4 Å². The van der Waals surface area contributed by atoms with Crippen LogP contribution in [0.1, 0.15) is 39.2 Å². The van der Waals surface area contributed by atoms with Crippen molar-refractivity contribution >= 4 is 7.60 Å². The van der Waals surface area contributed by atoms with Crippen LogP contribution in [-0.2, 0) is 19.8 Å². The molecule has 0 aromatic heterocycles. The highest BCUT2D eigenvalue weighted by atomic mass is 31.2. The Kier molecular flexibility index (Phi) is 7.62. The molecule has 0 heterocycles. The first kappa shape index (κ1) is 18.7. The van der Waals surface area contributed by atoms with Crippen molar-refractivity contribution in [3.05, 3.63) is 48.0 Å². The molecule has 3 nitrogen and oxygen atoms in total. The minimum atomic E-state index is -3.28. The first-order chi connectivity index (χ1) is 10.4. The van der Waals surface area contributed by atoms with E-state index in [1.807, 2.05) is 63.3 Å². The number of benzene rings is 1. The van der Waals surface area contributed by atoms with Gasteiger partial charge in [0.1, 0.15) is 0 Å². The van der Waals surface area contributed by atoms with Gasteiger partial charge >= 0.3 is 7.60 Å². The molecule has 0 fully saturated rings. The van der Waals surface area contributed by atoms with Crippen LogP contribution in [0.2, 0.25) is 0 Å². The average Bonchev–Trinajstić information content (AvgIpc) is 2.44. The zero-order valence-electron chi connectivity index (χ0n) is 13.6. The topological polar surface area (TPSA) is 35.5 Å². The molecule has 0 bridgehead atoms. The molecule has 0 amide bonds. The minimum absolute atomic E-state index is 0.238. The van der Waals surface area contributed by atoms with Gasteiger partial charge in [0.2, 0.25) is 0 Å². The summed E-state index contributed by atoms with van der Waals surface area (Å²) in [6, 6.07) is 9.56. The lowest BCUT2D eigenvalue weighted by Gasteiger charge is -2.28. The molecule has 22 heavy (non-hydrogen) atoms. The summed E-state index contributed by atoms with van der Waals surface area (Å²) >= 11 is 0. The van der Waals surface area contributed by atoms with Crippen molar-refractivity contribution in [2.45, 2.75) is 45.4 Å². The zero-order valence-corrected chi connectivity index (χ0v) is 14.5. The fourth-order valence-corrected chi connectivity index (χ4v) is 3.95. The summed E-state index contributed by atoms with van der Waals surface area (Å²) < 4.78 is 24.5. The molecule has 0 aliphatic carbocycles. The van der Waals surface area contributed by atoms with Gasteiger partial charge in [-0.05, 0) is 25.8 Å². The summed E-state index contributed by atoms with van der Waals surface area (Å²) in [4.78, 5) is 0. The second kappa shape index (κ2) is 8.96. The average molecular weight is 320 g/mol. The first-order valence-corrected chi connectivity index (χ1v) is 9.20. The Bertz CT molecular complexity index is 555. The van der Waals surface area contributed by atoms with Crippen molar-refractivity contribution in [3.63, 3.8) is 0 Å². The first-order valence-electron chi connectivity index (χ1n) is 7.47. The lowest BCUT2D eigenvalue weighted by atomic mass is 10.1. The second-order valence-corrected chi connectivity index (χ2v) is 7.64. The predicted molar refractivity (Wildman–Crippen MR) is 91.7 cm³/mol. The van der Waals surface area contributed by atoms with E-state index in [2.05, 4.69) is 5.92 Å². The van der Waals surface area contributed by atoms with Crippen LogP contribution in [0.4, 0.5) is 0 Å². The van der Waals surface area contributed by atoms with E-state index in [-0.39, 0.29) is 12.8 Å². The third kappa shape index (κ3) is 7.09. The number of rotatable bonds is 9. The van der Waals surface area contributed by atoms with E-state index >= 15 is 0 Å². The van der Waals surface area contributed by atoms with E-state index in [0.717, 1.165) is 12.0 Å². The van der Waals surface area contributed by atoms with Crippen LogP contribution in [0.15, 0.2) is 42.5 Å². The van der Waals surface area contributed by atoms with Gasteiger partial charge in [-0.25, -0.2) is 0 Å². The maximum Gasteiger partial charge on any atom is 0.335 e. The fourth-order valence-electron chi connectivity index (χ4n) is 1.96. The summed E-state index contributed by atoms with van der Waals surface area (Å²) in [6.45, 7) is 5.96. The molecule has 1 aromatic rings. The van der Waals surface area contributed by atoms with Crippen LogP contribution < -0.4 is 0 Å². The van der Waals surface area contributed by atoms with E-state index in [1.165, 1.54) is 0 Å². The van der Waals surface area contributed by atoms with E-state index in [4.69, 9.17) is 15.5 Å². The molecule has 1 rings (SSSR count). The van der Waals surface area contributed by atoms with Gasteiger partial charge in [-0.15, -0.1) is 12.3 Å². The predicted octanol–water partition coefficient (Wildman–Crippen LogP) is 5.18. The monoisotopic (exact) mass is 320 g/mol. The van der Waals surface area contributed by atoms with Crippen LogP contribution in [0.5, 0.6) is 0 Å². The Labute approximate surface area is 134 Å². The Hall–Kier alpha value is -1.33. The molecule has 120 valence electrons. The third-order valence-electron chi connectivity index (χ3n) is 2.90. The fraction of sp³-hybridized carbons (Fsp3) is 0.444. The van der Waals surface area contributed by atoms with Crippen LogP contribution in [-0.4, -0.2) is 12.2 Å². The van der Waals surface area contributed by atoms with Crippen molar-refractivity contribution in [2.24, 2.45) is 0 Å². The van der Waals surface area contributed by atoms with Crippen molar-refractivity contribution in [1.82, 2.24) is 0 Å². The van der Waals surface area contributed by atoms with E-state index < -0.39 is 13.2 Å². The number of allylic oxidation sites excluding steroid dienone is 1. The molecule has 0 aliphatic rings. The molecular formula is C18H25O3P. The quantitative estimate of drug-likeness (QED) is 0.357. The van der Waals surface area contributed by atoms with Crippen LogP contribution in [0, 0.1) is 12.3 Å². The summed E-state index contributed by atoms with van der Waals surface area (Å²) in [6.07, 6.45) is 10.7. The minimum Gasteiger partial charge on any atom is -0.304 e. The van der Waals surface area contributed by atoms with E-state index in [0.29, 0.717) is 6.42 Å². The highest BCUT2D eigenvalue weighted by Gasteiger charge is 2.33. The maximum absolute atomic E-state index is 13.1. The number of hydrogen-bond donors (Lipinski definition) is 0. The van der Waals surface area contributed by atoms with Gasteiger partial charge in [0, 0.05) is 6.42 Å². The molecule has 0 saturated heterocycles. The van der Waals surface area contributed by atoms with Crippen molar-refractivity contribution in [1.29, 1.82) is 0 Å². The van der Waals surface area contributed by atoms with Crippen LogP contribution >= 0.6 is 7.60 Å². The lowest BCUT2D eigenvalue weighted by molar-refractivity contribution is 0.0856. The zero-order chi connectivity index (χ0) is 16.5. The van der Waals surface area contributed by atoms with E-state index in [1.54, 1.807) is 0 Å². The third-order valence-corrected chi connectivity index (χ3v) is 4.97. The van der Waals surface area contributed by atoms with Crippen molar-refractivity contribution < 1.29 is 13.6 Å². The Morgan fingerprint density at radius 3 is 2.55 bits per heavy atom. The van der Waals surface area contributed by atoms with Crippen LogP contribution in [0.3, 0.4) is 0 Å². The van der Waals surface area contributed by atoms with Gasteiger partial charge < -0.3 is 9.05 Å². The van der Waals surface area contributed by atoms with Gasteiger partial charge in [0.25, 0.3) is 0 Å². The van der Waals surface area contributed by atoms with Gasteiger partial charge in [0.15, 0.2) is 0 Å². The Balaban J connectivity index is 2.86. The molecule has 1 atom stereocenters. The number of hydrogen-bond acceptors (Lipinski definition) is 3. The molecule has 4 heteroatoms. The highest BCUT2D eigenvalue weighted by molar-refractivity contribution is 7.53. The largest absolute Gasteiger partial charge is 0.335 e. The summed E-state index contributed by atoms with van der Waals surface area (Å²) in [5, 5.41) is 0. The van der Waals surface area contributed by atoms with Crippen molar-refractivity contribution in [3.8, 4) is 12.3 Å². The molecule has 0 aliphatic heterocycles. The maximum atomic E-state index is 13.1. The molecule has 1 unspecified atom stereocenters. The molecule has 0 spiro atoms. The second-order valence-electron chi connectivity index (χ2n) is 5.66. The smallest absolute Gasteiger partial charge is 0.304 e. The van der Waals surface area contributed by atoms with Crippen LogP contribution in [0.25, 0.3) is 0 Å². The van der Waals surface area contributed by atoms with Gasteiger partial charge in [-0.3, -0.25) is 4.57 Å². The Morgan fingerprint density at radius 1 is 1.27 bits per heavy atom. The van der Waals surface area contributed by atoms with E-state index in [9.17, 15) is 4.57 Å². The molecule has 0 N–H and O–H groups in total. The van der Waals surface area contributed by atoms with Gasteiger partial charge in [0.05, 0.1) is 18.4 Å². The summed E-state index contributed by atoms with van der Waals surface area (Å²) in [5.41, 5.74) is 0.231. The SMILES string of the molecule is C#CCC(C)(C)OP(=O)(Cc1ccccc1)OCC=CCC. The lowest BCUT2D eigenvalue weighted by Crippen LogP contribution is -2.23. The van der Waals surface area contributed by atoms with Gasteiger partial charge in [-0.2, -0.15) is 0 Å². The molecular weight excluding hydrogens is 295 g/mol. The molecule has 0 radical (unpaired) electrons. The highest BCUT2D eigenvalue weighted by Crippen LogP contribution is 2.54. The Morgan fingerprint density at radius 2 is 1.95 bits per heavy atom. The summed E-state index contributed by atoms with van der Waals surface area (Å²) in [7, 11) is -3.28. The number of terminal acetylenes is 1. The molecule has 1 aromatic carbocycles.